The van der Waals surface area contributed by atoms with Gasteiger partial charge < -0.3 is 14.8 Å². The van der Waals surface area contributed by atoms with E-state index in [9.17, 15) is 4.79 Å². The average Bonchev–Trinajstić information content (AvgIpc) is 2.95. The van der Waals surface area contributed by atoms with Gasteiger partial charge in [-0.15, -0.1) is 11.3 Å². The van der Waals surface area contributed by atoms with Crippen molar-refractivity contribution in [2.24, 2.45) is 5.92 Å². The third-order valence-electron chi connectivity index (χ3n) is 3.06. The predicted molar refractivity (Wildman–Crippen MR) is 91.3 cm³/mol. The normalized spacial score (nSPS) is 10.7. The molecule has 0 aliphatic rings. The fourth-order valence-corrected chi connectivity index (χ4v) is 2.64. The number of hydrogen-bond acceptors (Lipinski definition) is 5. The summed E-state index contributed by atoms with van der Waals surface area (Å²) < 4.78 is 11.0. The van der Waals surface area contributed by atoms with Crippen molar-refractivity contribution < 1.29 is 14.3 Å². The maximum atomic E-state index is 12.2. The first-order chi connectivity index (χ1) is 11.0. The summed E-state index contributed by atoms with van der Waals surface area (Å²) in [4.78, 5) is 16.6. The zero-order chi connectivity index (χ0) is 16.8. The van der Waals surface area contributed by atoms with E-state index in [0.29, 0.717) is 36.1 Å². The Morgan fingerprint density at radius 1 is 1.35 bits per heavy atom. The lowest BCUT2D eigenvalue weighted by Gasteiger charge is -2.13. The van der Waals surface area contributed by atoms with Gasteiger partial charge in [-0.2, -0.15) is 0 Å². The second-order valence-corrected chi connectivity index (χ2v) is 6.58. The summed E-state index contributed by atoms with van der Waals surface area (Å²) >= 11 is 1.54. The molecule has 124 valence electrons. The molecule has 5 nitrogen and oxygen atoms in total. The van der Waals surface area contributed by atoms with Crippen LogP contribution in [0.2, 0.25) is 0 Å². The number of carbonyl (C=O) groups excluding carboxylic acids is 1. The van der Waals surface area contributed by atoms with Gasteiger partial charge in [-0.3, -0.25) is 4.79 Å². The molecule has 0 atom stereocenters. The smallest absolute Gasteiger partial charge is 0.251 e. The molecule has 2 aromatic rings. The molecule has 0 fully saturated rings. The molecule has 0 saturated heterocycles. The van der Waals surface area contributed by atoms with E-state index in [2.05, 4.69) is 24.1 Å². The second-order valence-electron chi connectivity index (χ2n) is 5.64. The van der Waals surface area contributed by atoms with E-state index in [1.165, 1.54) is 11.3 Å². The molecule has 0 saturated carbocycles. The molecule has 1 aromatic heterocycles. The molecular weight excluding hydrogens is 312 g/mol. The summed E-state index contributed by atoms with van der Waals surface area (Å²) in [5.74, 6) is 1.47. The highest BCUT2D eigenvalue weighted by Gasteiger charge is 2.12. The highest BCUT2D eigenvalue weighted by Crippen LogP contribution is 2.28. The van der Waals surface area contributed by atoms with Crippen molar-refractivity contribution in [2.45, 2.75) is 27.3 Å². The molecule has 1 N–H and O–H groups in total. The number of carbonyl (C=O) groups is 1. The molecule has 0 bridgehead atoms. The number of aromatic nitrogens is 1. The minimum absolute atomic E-state index is 0.161. The Balaban J connectivity index is 2.02. The lowest BCUT2D eigenvalue weighted by Crippen LogP contribution is -2.22. The van der Waals surface area contributed by atoms with Crippen LogP contribution in [0.5, 0.6) is 11.5 Å². The van der Waals surface area contributed by atoms with Crippen LogP contribution in [0.15, 0.2) is 23.6 Å². The largest absolute Gasteiger partial charge is 0.493 e. The fraction of sp³-hybridized carbons (Fsp3) is 0.412. The highest BCUT2D eigenvalue weighted by atomic mass is 32.1. The SMILES string of the molecule is COc1cc(C(=O)NCc2nc(C)cs2)ccc1OCC(C)C. The first kappa shape index (κ1) is 17.3. The Kier molecular flexibility index (Phi) is 5.98. The molecule has 23 heavy (non-hydrogen) atoms. The maximum absolute atomic E-state index is 12.2. The van der Waals surface area contributed by atoms with Crippen molar-refractivity contribution in [1.29, 1.82) is 0 Å². The van der Waals surface area contributed by atoms with E-state index in [0.717, 1.165) is 10.7 Å². The lowest BCUT2D eigenvalue weighted by atomic mass is 10.2. The van der Waals surface area contributed by atoms with Gasteiger partial charge in [0.05, 0.1) is 20.3 Å². The zero-order valence-electron chi connectivity index (χ0n) is 13.9. The molecule has 0 aliphatic heterocycles. The van der Waals surface area contributed by atoms with Gasteiger partial charge >= 0.3 is 0 Å². The van der Waals surface area contributed by atoms with Crippen molar-refractivity contribution in [3.63, 3.8) is 0 Å². The fourth-order valence-electron chi connectivity index (χ4n) is 1.93. The molecule has 0 aliphatic carbocycles. The number of hydrogen-bond donors (Lipinski definition) is 1. The molecule has 2 rings (SSSR count). The molecule has 1 heterocycles. The molecule has 0 unspecified atom stereocenters. The Labute approximate surface area is 140 Å². The van der Waals surface area contributed by atoms with Crippen LogP contribution in [0.25, 0.3) is 0 Å². The Bertz CT molecular complexity index is 668. The summed E-state index contributed by atoms with van der Waals surface area (Å²) in [6.07, 6.45) is 0. The van der Waals surface area contributed by atoms with Crippen molar-refractivity contribution in [3.8, 4) is 11.5 Å². The third kappa shape index (κ3) is 4.96. The quantitative estimate of drug-likeness (QED) is 0.843. The van der Waals surface area contributed by atoms with E-state index in [4.69, 9.17) is 9.47 Å². The topological polar surface area (TPSA) is 60.5 Å². The number of rotatable bonds is 7. The summed E-state index contributed by atoms with van der Waals surface area (Å²) in [7, 11) is 1.57. The maximum Gasteiger partial charge on any atom is 0.251 e. The molecule has 1 amide bonds. The number of nitrogens with zero attached hydrogens (tertiary/aromatic N) is 1. The van der Waals surface area contributed by atoms with E-state index < -0.39 is 0 Å². The van der Waals surface area contributed by atoms with E-state index >= 15 is 0 Å². The van der Waals surface area contributed by atoms with Crippen molar-refractivity contribution >= 4 is 17.2 Å². The van der Waals surface area contributed by atoms with Gasteiger partial charge in [0.15, 0.2) is 11.5 Å². The standard InChI is InChI=1S/C17H22N2O3S/c1-11(2)9-22-14-6-5-13(7-15(14)21-4)17(20)18-8-16-19-12(3)10-23-16/h5-7,10-11H,8-9H2,1-4H3,(H,18,20). The molecule has 1 aromatic carbocycles. The summed E-state index contributed by atoms with van der Waals surface area (Å²) in [5, 5.41) is 5.71. The van der Waals surface area contributed by atoms with Gasteiger partial charge in [0.2, 0.25) is 0 Å². The van der Waals surface area contributed by atoms with E-state index in [-0.39, 0.29) is 5.91 Å². The highest BCUT2D eigenvalue weighted by molar-refractivity contribution is 7.09. The van der Waals surface area contributed by atoms with Crippen LogP contribution in [0.3, 0.4) is 0 Å². The number of thiazole rings is 1. The van der Waals surface area contributed by atoms with Gasteiger partial charge in [0.1, 0.15) is 5.01 Å². The van der Waals surface area contributed by atoms with Gasteiger partial charge in [-0.1, -0.05) is 13.8 Å². The van der Waals surface area contributed by atoms with Gasteiger partial charge in [0.25, 0.3) is 5.91 Å². The molecule has 0 radical (unpaired) electrons. The predicted octanol–water partition coefficient (Wildman–Crippen LogP) is 3.42. The van der Waals surface area contributed by atoms with Crippen molar-refractivity contribution in [1.82, 2.24) is 10.3 Å². The number of nitrogens with one attached hydrogen (secondary N) is 1. The monoisotopic (exact) mass is 334 g/mol. The minimum Gasteiger partial charge on any atom is -0.493 e. The number of methoxy groups -OCH3 is 1. The molecule has 6 heteroatoms. The van der Waals surface area contributed by atoms with Crippen molar-refractivity contribution in [2.75, 3.05) is 13.7 Å². The van der Waals surface area contributed by atoms with Gasteiger partial charge in [0, 0.05) is 16.6 Å². The Morgan fingerprint density at radius 2 is 2.13 bits per heavy atom. The number of ether oxygens (including phenoxy) is 2. The number of benzene rings is 1. The summed E-state index contributed by atoms with van der Waals surface area (Å²) in [6.45, 7) is 7.11. The van der Waals surface area contributed by atoms with E-state index in [1.54, 1.807) is 25.3 Å². The second kappa shape index (κ2) is 7.97. The lowest BCUT2D eigenvalue weighted by molar-refractivity contribution is 0.0950. The number of aryl methyl sites for hydroxylation is 1. The number of amides is 1. The average molecular weight is 334 g/mol. The van der Waals surface area contributed by atoms with Crippen LogP contribution in [-0.2, 0) is 6.54 Å². The van der Waals surface area contributed by atoms with Crippen LogP contribution in [0, 0.1) is 12.8 Å². The van der Waals surface area contributed by atoms with Crippen LogP contribution < -0.4 is 14.8 Å². The Morgan fingerprint density at radius 3 is 2.74 bits per heavy atom. The molecular formula is C17H22N2O3S. The first-order valence-corrected chi connectivity index (χ1v) is 8.37. The Hall–Kier alpha value is -2.08. The van der Waals surface area contributed by atoms with Crippen LogP contribution in [0.4, 0.5) is 0 Å². The van der Waals surface area contributed by atoms with E-state index in [1.807, 2.05) is 12.3 Å². The summed E-state index contributed by atoms with van der Waals surface area (Å²) in [6, 6.07) is 5.20. The van der Waals surface area contributed by atoms with Crippen molar-refractivity contribution in [3.05, 3.63) is 39.8 Å². The van der Waals surface area contributed by atoms with Crippen LogP contribution >= 0.6 is 11.3 Å². The minimum atomic E-state index is -0.161. The van der Waals surface area contributed by atoms with Crippen LogP contribution in [-0.4, -0.2) is 24.6 Å². The third-order valence-corrected chi connectivity index (χ3v) is 4.03. The molecule has 0 spiro atoms. The zero-order valence-corrected chi connectivity index (χ0v) is 14.7. The van der Waals surface area contributed by atoms with Gasteiger partial charge in [-0.25, -0.2) is 4.98 Å². The first-order valence-electron chi connectivity index (χ1n) is 7.49. The van der Waals surface area contributed by atoms with Crippen LogP contribution in [0.1, 0.15) is 34.9 Å². The summed E-state index contributed by atoms with van der Waals surface area (Å²) in [5.41, 5.74) is 1.50. The van der Waals surface area contributed by atoms with Gasteiger partial charge in [-0.05, 0) is 31.0 Å².